The highest BCUT2D eigenvalue weighted by Crippen LogP contribution is 2.28. The number of nitrogen functional groups attached to an aromatic ring is 1. The van der Waals surface area contributed by atoms with Gasteiger partial charge in [0.2, 0.25) is 0 Å². The number of carbonyl (C=O) groups is 1. The van der Waals surface area contributed by atoms with E-state index in [2.05, 4.69) is 16.6 Å². The fraction of sp³-hybridized carbons (Fsp3) is 0.500. The first-order chi connectivity index (χ1) is 8.20. The van der Waals surface area contributed by atoms with Crippen molar-refractivity contribution in [1.82, 2.24) is 10.3 Å². The lowest BCUT2D eigenvalue weighted by Gasteiger charge is -2.18. The minimum atomic E-state index is -0.122. The molecule has 1 aliphatic rings. The van der Waals surface area contributed by atoms with Crippen molar-refractivity contribution < 1.29 is 4.79 Å². The van der Waals surface area contributed by atoms with Crippen LogP contribution in [0.4, 0.5) is 5.82 Å². The molecule has 1 amide bonds. The fourth-order valence-corrected chi connectivity index (χ4v) is 3.13. The van der Waals surface area contributed by atoms with Gasteiger partial charge in [-0.2, -0.15) is 11.8 Å². The van der Waals surface area contributed by atoms with Crippen LogP contribution >= 0.6 is 11.8 Å². The number of pyridine rings is 1. The Morgan fingerprint density at radius 3 is 3.06 bits per heavy atom. The molecule has 2 rings (SSSR count). The smallest absolute Gasteiger partial charge is 0.270 e. The summed E-state index contributed by atoms with van der Waals surface area (Å²) in [6, 6.07) is 5.38. The SMILES string of the molecule is CSC1CCCC1NC(=O)c1cccc(N)n1. The second-order valence-electron chi connectivity index (χ2n) is 4.23. The zero-order chi connectivity index (χ0) is 12.3. The number of rotatable bonds is 3. The Morgan fingerprint density at radius 2 is 2.35 bits per heavy atom. The van der Waals surface area contributed by atoms with E-state index in [1.54, 1.807) is 18.2 Å². The molecule has 1 aromatic rings. The minimum absolute atomic E-state index is 0.122. The van der Waals surface area contributed by atoms with Crippen molar-refractivity contribution in [2.45, 2.75) is 30.6 Å². The summed E-state index contributed by atoms with van der Waals surface area (Å²) in [7, 11) is 0. The molecule has 0 aliphatic heterocycles. The first-order valence-corrected chi connectivity index (χ1v) is 7.05. The fourth-order valence-electron chi connectivity index (χ4n) is 2.19. The van der Waals surface area contributed by atoms with E-state index in [0.717, 1.165) is 6.42 Å². The summed E-state index contributed by atoms with van der Waals surface area (Å²) in [6.07, 6.45) is 5.50. The number of nitrogens with zero attached hydrogens (tertiary/aromatic N) is 1. The van der Waals surface area contributed by atoms with Crippen LogP contribution in [0, 0.1) is 0 Å². The van der Waals surface area contributed by atoms with Crippen LogP contribution < -0.4 is 11.1 Å². The molecule has 17 heavy (non-hydrogen) atoms. The third-order valence-corrected chi connectivity index (χ3v) is 4.24. The second-order valence-corrected chi connectivity index (χ2v) is 5.31. The number of thioether (sulfide) groups is 1. The van der Waals surface area contributed by atoms with Gasteiger partial charge < -0.3 is 11.1 Å². The lowest BCUT2D eigenvalue weighted by Crippen LogP contribution is -2.39. The monoisotopic (exact) mass is 251 g/mol. The van der Waals surface area contributed by atoms with Crippen LogP contribution in [0.25, 0.3) is 0 Å². The number of hydrogen-bond donors (Lipinski definition) is 2. The first-order valence-electron chi connectivity index (χ1n) is 5.77. The molecule has 1 aromatic heterocycles. The summed E-state index contributed by atoms with van der Waals surface area (Å²) >= 11 is 1.82. The Labute approximate surface area is 105 Å². The van der Waals surface area contributed by atoms with Gasteiger partial charge in [0.15, 0.2) is 0 Å². The molecule has 2 atom stereocenters. The second kappa shape index (κ2) is 5.40. The van der Waals surface area contributed by atoms with Crippen molar-refractivity contribution in [1.29, 1.82) is 0 Å². The molecule has 4 nitrogen and oxygen atoms in total. The van der Waals surface area contributed by atoms with Crippen LogP contribution in [-0.2, 0) is 0 Å². The zero-order valence-corrected chi connectivity index (χ0v) is 10.7. The number of aromatic nitrogens is 1. The molecule has 1 heterocycles. The predicted octanol–water partition coefficient (Wildman–Crippen LogP) is 1.68. The van der Waals surface area contributed by atoms with Crippen molar-refractivity contribution in [3.8, 4) is 0 Å². The van der Waals surface area contributed by atoms with Gasteiger partial charge in [-0.3, -0.25) is 4.79 Å². The standard InChI is InChI=1S/C12H17N3OS/c1-17-10-6-2-4-8(10)15-12(16)9-5-3-7-11(13)14-9/h3,5,7-8,10H,2,4,6H2,1H3,(H2,13,14)(H,15,16). The van der Waals surface area contributed by atoms with E-state index in [-0.39, 0.29) is 11.9 Å². The number of hydrogen-bond acceptors (Lipinski definition) is 4. The topological polar surface area (TPSA) is 68.0 Å². The molecule has 1 fully saturated rings. The Morgan fingerprint density at radius 1 is 1.53 bits per heavy atom. The zero-order valence-electron chi connectivity index (χ0n) is 9.85. The summed E-state index contributed by atoms with van der Waals surface area (Å²) in [5, 5.41) is 3.57. The highest BCUT2D eigenvalue weighted by atomic mass is 32.2. The van der Waals surface area contributed by atoms with Crippen molar-refractivity contribution >= 4 is 23.5 Å². The van der Waals surface area contributed by atoms with Gasteiger partial charge in [0.05, 0.1) is 0 Å². The predicted molar refractivity (Wildman–Crippen MR) is 71.1 cm³/mol. The largest absolute Gasteiger partial charge is 0.384 e. The van der Waals surface area contributed by atoms with Crippen LogP contribution in [0.2, 0.25) is 0 Å². The average Bonchev–Trinajstić information content (AvgIpc) is 2.76. The molecular formula is C12H17N3OS. The van der Waals surface area contributed by atoms with E-state index >= 15 is 0 Å². The van der Waals surface area contributed by atoms with Crippen LogP contribution in [0.3, 0.4) is 0 Å². The molecule has 0 spiro atoms. The van der Waals surface area contributed by atoms with Gasteiger partial charge >= 0.3 is 0 Å². The van der Waals surface area contributed by atoms with E-state index < -0.39 is 0 Å². The Balaban J connectivity index is 2.01. The number of nitrogens with two attached hydrogens (primary N) is 1. The van der Waals surface area contributed by atoms with Crippen molar-refractivity contribution in [2.24, 2.45) is 0 Å². The molecule has 0 bridgehead atoms. The third-order valence-electron chi connectivity index (χ3n) is 3.08. The van der Waals surface area contributed by atoms with E-state index in [0.29, 0.717) is 16.8 Å². The van der Waals surface area contributed by atoms with Gasteiger partial charge in [-0.05, 0) is 31.2 Å². The Kier molecular flexibility index (Phi) is 3.89. The molecule has 0 saturated heterocycles. The first kappa shape index (κ1) is 12.2. The normalized spacial score (nSPS) is 23.6. The van der Waals surface area contributed by atoms with Crippen molar-refractivity contribution in [3.63, 3.8) is 0 Å². The van der Waals surface area contributed by atoms with E-state index in [9.17, 15) is 4.79 Å². The summed E-state index contributed by atoms with van der Waals surface area (Å²) in [5.74, 6) is 0.258. The van der Waals surface area contributed by atoms with Gasteiger partial charge in [0.1, 0.15) is 11.5 Å². The summed E-state index contributed by atoms with van der Waals surface area (Å²) in [4.78, 5) is 16.0. The Hall–Kier alpha value is -1.23. The van der Waals surface area contributed by atoms with Gasteiger partial charge in [-0.1, -0.05) is 12.5 Å². The maximum Gasteiger partial charge on any atom is 0.270 e. The average molecular weight is 251 g/mol. The summed E-state index contributed by atoms with van der Waals surface area (Å²) in [6.45, 7) is 0. The van der Waals surface area contributed by atoms with Gasteiger partial charge in [-0.15, -0.1) is 0 Å². The molecular weight excluding hydrogens is 234 g/mol. The van der Waals surface area contributed by atoms with Crippen LogP contribution in [0.1, 0.15) is 29.8 Å². The van der Waals surface area contributed by atoms with E-state index in [1.807, 2.05) is 11.8 Å². The third kappa shape index (κ3) is 2.91. The molecule has 2 unspecified atom stereocenters. The number of nitrogens with one attached hydrogen (secondary N) is 1. The highest BCUT2D eigenvalue weighted by Gasteiger charge is 2.28. The van der Waals surface area contributed by atoms with Crippen molar-refractivity contribution in [3.05, 3.63) is 23.9 Å². The maximum absolute atomic E-state index is 12.0. The van der Waals surface area contributed by atoms with Gasteiger partial charge in [0.25, 0.3) is 5.91 Å². The molecule has 1 saturated carbocycles. The molecule has 3 N–H and O–H groups in total. The van der Waals surface area contributed by atoms with Gasteiger partial charge in [-0.25, -0.2) is 4.98 Å². The van der Waals surface area contributed by atoms with Crippen molar-refractivity contribution in [2.75, 3.05) is 12.0 Å². The molecule has 0 radical (unpaired) electrons. The summed E-state index contributed by atoms with van der Waals surface area (Å²) < 4.78 is 0. The minimum Gasteiger partial charge on any atom is -0.384 e. The Bertz CT molecular complexity index is 410. The van der Waals surface area contributed by atoms with Crippen LogP contribution in [0.15, 0.2) is 18.2 Å². The molecule has 5 heteroatoms. The lowest BCUT2D eigenvalue weighted by molar-refractivity contribution is 0.0934. The number of carbonyl (C=O) groups excluding carboxylic acids is 1. The molecule has 1 aliphatic carbocycles. The summed E-state index contributed by atoms with van der Waals surface area (Å²) in [5.41, 5.74) is 5.96. The molecule has 0 aromatic carbocycles. The van der Waals surface area contributed by atoms with E-state index in [1.165, 1.54) is 12.8 Å². The highest BCUT2D eigenvalue weighted by molar-refractivity contribution is 7.99. The van der Waals surface area contributed by atoms with Crippen LogP contribution in [-0.4, -0.2) is 28.4 Å². The van der Waals surface area contributed by atoms with Crippen LogP contribution in [0.5, 0.6) is 0 Å². The van der Waals surface area contributed by atoms with E-state index in [4.69, 9.17) is 5.73 Å². The number of anilines is 1. The quantitative estimate of drug-likeness (QED) is 0.857. The maximum atomic E-state index is 12.0. The number of amides is 1. The molecule has 92 valence electrons. The van der Waals surface area contributed by atoms with Gasteiger partial charge in [0, 0.05) is 11.3 Å². The lowest BCUT2D eigenvalue weighted by atomic mass is 10.2.